The van der Waals surface area contributed by atoms with Gasteiger partial charge in [0.15, 0.2) is 0 Å². The number of hydrogen-bond donors (Lipinski definition) is 0. The number of hydrogen-bond acceptors (Lipinski definition) is 4. The molecular weight excluding hydrogens is 395 g/mol. The topological polar surface area (TPSA) is 50.6 Å². The second kappa shape index (κ2) is 9.04. The van der Waals surface area contributed by atoms with Crippen molar-refractivity contribution in [2.24, 2.45) is 0 Å². The maximum absolute atomic E-state index is 13.1. The molecule has 1 saturated heterocycles. The number of imidazole rings is 1. The molecule has 4 rings (SSSR count). The molecule has 2 heterocycles. The quantitative estimate of drug-likeness (QED) is 0.591. The summed E-state index contributed by atoms with van der Waals surface area (Å²) in [5.74, 6) is 0.444. The molecule has 6 nitrogen and oxygen atoms in total. The molecule has 0 spiro atoms. The highest BCUT2D eigenvalue weighted by molar-refractivity contribution is 5.92. The third kappa shape index (κ3) is 4.77. The predicted octanol–water partition coefficient (Wildman–Crippen LogP) is 3.69. The zero-order chi connectivity index (χ0) is 21.8. The lowest BCUT2D eigenvalue weighted by atomic mass is 10.1. The highest BCUT2D eigenvalue weighted by Gasteiger charge is 2.19. The Hall–Kier alpha value is -3.61. The molecule has 0 atom stereocenters. The lowest BCUT2D eigenvalue weighted by Gasteiger charge is -2.35. The van der Waals surface area contributed by atoms with Crippen molar-refractivity contribution in [3.05, 3.63) is 78.1 Å². The minimum Gasteiger partial charge on any atom is -0.495 e. The number of halogens is 1. The number of ether oxygens (including phenoxy) is 1. The van der Waals surface area contributed by atoms with Gasteiger partial charge in [-0.05, 0) is 55.0 Å². The first kappa shape index (κ1) is 20.7. The summed E-state index contributed by atoms with van der Waals surface area (Å²) in [6, 6.07) is 12.3. The van der Waals surface area contributed by atoms with E-state index in [4.69, 9.17) is 4.74 Å². The van der Waals surface area contributed by atoms with Crippen molar-refractivity contribution in [3.63, 3.8) is 0 Å². The molecule has 31 heavy (non-hydrogen) atoms. The molecule has 1 aliphatic rings. The number of aromatic nitrogens is 2. The van der Waals surface area contributed by atoms with Gasteiger partial charge in [0.25, 0.3) is 0 Å². The molecule has 0 radical (unpaired) electrons. The second-order valence-corrected chi connectivity index (χ2v) is 7.48. The summed E-state index contributed by atoms with van der Waals surface area (Å²) in [7, 11) is 1.63. The highest BCUT2D eigenvalue weighted by Crippen LogP contribution is 2.25. The van der Waals surface area contributed by atoms with Crippen LogP contribution in [0, 0.1) is 12.7 Å². The Morgan fingerprint density at radius 2 is 1.84 bits per heavy atom. The molecule has 0 aliphatic carbocycles. The van der Waals surface area contributed by atoms with Gasteiger partial charge in [0.2, 0.25) is 5.91 Å². The van der Waals surface area contributed by atoms with Gasteiger partial charge in [-0.1, -0.05) is 6.07 Å². The van der Waals surface area contributed by atoms with E-state index in [1.54, 1.807) is 37.7 Å². The molecule has 0 unspecified atom stereocenters. The molecule has 0 N–H and O–H groups in total. The molecule has 160 valence electrons. The molecule has 2 aromatic carbocycles. The average molecular weight is 420 g/mol. The van der Waals surface area contributed by atoms with E-state index in [1.807, 2.05) is 40.8 Å². The van der Waals surface area contributed by atoms with Gasteiger partial charge in [-0.15, -0.1) is 0 Å². The van der Waals surface area contributed by atoms with Crippen molar-refractivity contribution in [3.8, 4) is 11.4 Å². The van der Waals surface area contributed by atoms with Crippen molar-refractivity contribution in [2.75, 3.05) is 38.2 Å². The molecule has 1 fully saturated rings. The van der Waals surface area contributed by atoms with Gasteiger partial charge < -0.3 is 19.1 Å². The Morgan fingerprint density at radius 3 is 2.48 bits per heavy atom. The minimum atomic E-state index is -0.243. The Morgan fingerprint density at radius 1 is 1.10 bits per heavy atom. The summed E-state index contributed by atoms with van der Waals surface area (Å²) in [6.45, 7) is 4.63. The lowest BCUT2D eigenvalue weighted by molar-refractivity contribution is -0.126. The van der Waals surface area contributed by atoms with Crippen LogP contribution in [0.1, 0.15) is 11.3 Å². The molecule has 0 saturated carbocycles. The third-order valence-electron chi connectivity index (χ3n) is 5.40. The summed E-state index contributed by atoms with van der Waals surface area (Å²) >= 11 is 0. The fraction of sp³-hybridized carbons (Fsp3) is 0.250. The van der Waals surface area contributed by atoms with Crippen LogP contribution in [0.2, 0.25) is 0 Å². The summed E-state index contributed by atoms with van der Waals surface area (Å²) in [5, 5.41) is 0. The van der Waals surface area contributed by atoms with E-state index < -0.39 is 0 Å². The van der Waals surface area contributed by atoms with Crippen LogP contribution < -0.4 is 9.64 Å². The molecule has 1 amide bonds. The van der Waals surface area contributed by atoms with E-state index in [9.17, 15) is 9.18 Å². The SMILES string of the molecule is COc1cc(/C=C/C(=O)N2CCN(c3ccc(F)cc3)CC2)ccc1-n1cnc(C)c1. The number of anilines is 1. The number of rotatable bonds is 5. The van der Waals surface area contributed by atoms with Gasteiger partial charge in [0.1, 0.15) is 11.6 Å². The Balaban J connectivity index is 1.38. The Labute approximate surface area is 181 Å². The van der Waals surface area contributed by atoms with Crippen molar-refractivity contribution in [2.45, 2.75) is 6.92 Å². The van der Waals surface area contributed by atoms with Crippen molar-refractivity contribution < 1.29 is 13.9 Å². The molecule has 0 bridgehead atoms. The third-order valence-corrected chi connectivity index (χ3v) is 5.40. The summed E-state index contributed by atoms with van der Waals surface area (Å²) in [6.07, 6.45) is 7.09. The van der Waals surface area contributed by atoms with E-state index in [0.717, 1.165) is 35.7 Å². The Bertz CT molecular complexity index is 1080. The maximum atomic E-state index is 13.1. The normalized spacial score (nSPS) is 14.3. The smallest absolute Gasteiger partial charge is 0.246 e. The zero-order valence-electron chi connectivity index (χ0n) is 17.7. The molecule has 7 heteroatoms. The van der Waals surface area contributed by atoms with E-state index in [0.29, 0.717) is 18.8 Å². The Kier molecular flexibility index (Phi) is 6.02. The van der Waals surface area contributed by atoms with Crippen molar-refractivity contribution in [1.29, 1.82) is 0 Å². The minimum absolute atomic E-state index is 0.0213. The first-order valence-corrected chi connectivity index (χ1v) is 10.2. The lowest BCUT2D eigenvalue weighted by Crippen LogP contribution is -2.48. The summed E-state index contributed by atoms with van der Waals surface area (Å²) in [4.78, 5) is 20.9. The van der Waals surface area contributed by atoms with Gasteiger partial charge in [0.05, 0.1) is 24.8 Å². The molecular formula is C24H25FN4O2. The number of carbonyl (C=O) groups excluding carboxylic acids is 1. The van der Waals surface area contributed by atoms with E-state index in [2.05, 4.69) is 9.88 Å². The summed E-state index contributed by atoms with van der Waals surface area (Å²) < 4.78 is 20.6. The van der Waals surface area contributed by atoms with E-state index >= 15 is 0 Å². The second-order valence-electron chi connectivity index (χ2n) is 7.48. The number of nitrogens with zero attached hydrogens (tertiary/aromatic N) is 4. The van der Waals surface area contributed by atoms with Gasteiger partial charge >= 0.3 is 0 Å². The van der Waals surface area contributed by atoms with E-state index in [1.165, 1.54) is 12.1 Å². The fourth-order valence-electron chi connectivity index (χ4n) is 3.67. The monoisotopic (exact) mass is 420 g/mol. The van der Waals surface area contributed by atoms with Crippen LogP contribution in [0.4, 0.5) is 10.1 Å². The molecule has 1 aromatic heterocycles. The predicted molar refractivity (Wildman–Crippen MR) is 119 cm³/mol. The van der Waals surface area contributed by atoms with Crippen LogP contribution in [0.25, 0.3) is 11.8 Å². The van der Waals surface area contributed by atoms with Crippen LogP contribution >= 0.6 is 0 Å². The standard InChI is InChI=1S/C24H25FN4O2/c1-18-16-29(17-26-18)22-9-3-19(15-23(22)31-2)4-10-24(30)28-13-11-27(12-14-28)21-7-5-20(25)6-8-21/h3-10,15-17H,11-14H2,1-2H3/b10-4+. The largest absolute Gasteiger partial charge is 0.495 e. The van der Waals surface area contributed by atoms with Crippen molar-refractivity contribution in [1.82, 2.24) is 14.5 Å². The van der Waals surface area contributed by atoms with Crippen LogP contribution in [-0.4, -0.2) is 53.6 Å². The van der Waals surface area contributed by atoms with Crippen molar-refractivity contribution >= 4 is 17.7 Å². The van der Waals surface area contributed by atoms with Gasteiger partial charge in [-0.3, -0.25) is 4.79 Å². The molecule has 3 aromatic rings. The number of carbonyl (C=O) groups is 1. The molecule has 1 aliphatic heterocycles. The number of methoxy groups -OCH3 is 1. The number of amides is 1. The zero-order valence-corrected chi connectivity index (χ0v) is 17.7. The number of aryl methyl sites for hydroxylation is 1. The first-order chi connectivity index (χ1) is 15.0. The van der Waals surface area contributed by atoms with Gasteiger partial charge in [-0.2, -0.15) is 0 Å². The highest BCUT2D eigenvalue weighted by atomic mass is 19.1. The van der Waals surface area contributed by atoms with Crippen LogP contribution in [-0.2, 0) is 4.79 Å². The van der Waals surface area contributed by atoms with Gasteiger partial charge in [0, 0.05) is 44.1 Å². The summed E-state index contributed by atoms with van der Waals surface area (Å²) in [5.41, 5.74) is 3.68. The maximum Gasteiger partial charge on any atom is 0.246 e. The first-order valence-electron chi connectivity index (χ1n) is 10.2. The average Bonchev–Trinajstić information content (AvgIpc) is 3.24. The number of benzene rings is 2. The number of piperazine rings is 1. The van der Waals surface area contributed by atoms with Crippen LogP contribution in [0.5, 0.6) is 5.75 Å². The van der Waals surface area contributed by atoms with Crippen LogP contribution in [0.3, 0.4) is 0 Å². The fourth-order valence-corrected chi connectivity index (χ4v) is 3.67. The van der Waals surface area contributed by atoms with Crippen LogP contribution in [0.15, 0.2) is 61.1 Å². The van der Waals surface area contributed by atoms with Gasteiger partial charge in [-0.25, -0.2) is 9.37 Å². The van der Waals surface area contributed by atoms with E-state index in [-0.39, 0.29) is 11.7 Å².